The molecule has 0 aliphatic carbocycles. The summed E-state index contributed by atoms with van der Waals surface area (Å²) in [6.07, 6.45) is 0. The van der Waals surface area contributed by atoms with Crippen LogP contribution in [0.1, 0.15) is 0 Å². The van der Waals surface area contributed by atoms with Gasteiger partial charge in [-0.1, -0.05) is 0 Å². The number of phenols is 1. The van der Waals surface area contributed by atoms with Crippen molar-refractivity contribution in [3.63, 3.8) is 0 Å². The summed E-state index contributed by atoms with van der Waals surface area (Å²) in [6.45, 7) is 0. The highest BCUT2D eigenvalue weighted by molar-refractivity contribution is 7.86. The molecule has 0 aliphatic rings. The Morgan fingerprint density at radius 2 is 1.45 bits per heavy atom. The molecule has 3 aromatic carbocycles. The molecule has 0 aromatic heterocycles. The lowest BCUT2D eigenvalue weighted by Gasteiger charge is -2.12. The third kappa shape index (κ3) is 4.12. The zero-order chi connectivity index (χ0) is 21.6. The van der Waals surface area contributed by atoms with Gasteiger partial charge in [-0.2, -0.15) is 21.9 Å². The van der Waals surface area contributed by atoms with Gasteiger partial charge in [0.25, 0.3) is 20.2 Å². The van der Waals surface area contributed by atoms with Gasteiger partial charge in [-0.15, -0.1) is 5.11 Å². The van der Waals surface area contributed by atoms with Crippen LogP contribution in [-0.4, -0.2) is 31.0 Å². The molecule has 0 bridgehead atoms. The first-order chi connectivity index (χ1) is 13.4. The van der Waals surface area contributed by atoms with Crippen LogP contribution in [0.3, 0.4) is 0 Å². The number of hydrogen-bond donors (Lipinski definition) is 5. The number of benzene rings is 3. The minimum atomic E-state index is -4.83. The Morgan fingerprint density at radius 1 is 0.828 bits per heavy atom. The molecule has 13 heteroatoms. The number of rotatable bonds is 4. The van der Waals surface area contributed by atoms with Crippen LogP contribution in [-0.2, 0) is 20.2 Å². The van der Waals surface area contributed by atoms with Crippen LogP contribution in [0.25, 0.3) is 10.8 Å². The minimum Gasteiger partial charge on any atom is -0.507 e. The van der Waals surface area contributed by atoms with Gasteiger partial charge in [0.15, 0.2) is 0 Å². The lowest BCUT2D eigenvalue weighted by molar-refractivity contribution is 0.471. The van der Waals surface area contributed by atoms with Crippen LogP contribution < -0.4 is 11.5 Å². The van der Waals surface area contributed by atoms with Crippen molar-refractivity contribution < 1.29 is 31.0 Å². The van der Waals surface area contributed by atoms with E-state index >= 15 is 0 Å². The van der Waals surface area contributed by atoms with Crippen LogP contribution in [0, 0.1) is 0 Å². The summed E-state index contributed by atoms with van der Waals surface area (Å²) in [5.74, 6) is -0.657. The smallest absolute Gasteiger partial charge is 0.296 e. The molecule has 3 aromatic rings. The van der Waals surface area contributed by atoms with Gasteiger partial charge >= 0.3 is 0 Å². The maximum absolute atomic E-state index is 11.7. The fraction of sp³-hybridized carbons (Fsp3) is 0. The Morgan fingerprint density at radius 3 is 2.00 bits per heavy atom. The molecule has 0 spiro atoms. The molecule has 0 amide bonds. The second-order valence-corrected chi connectivity index (χ2v) is 8.73. The van der Waals surface area contributed by atoms with Crippen molar-refractivity contribution in [1.29, 1.82) is 0 Å². The zero-order valence-electron chi connectivity index (χ0n) is 14.4. The van der Waals surface area contributed by atoms with Crippen molar-refractivity contribution in [2.24, 2.45) is 10.2 Å². The number of hydrogen-bond acceptors (Lipinski definition) is 9. The SMILES string of the molecule is Nc1ccc(N=Nc2c(N)c(S(=O)(=O)O)cc3cc(S(=O)(=O)O)cc(O)c23)cc1. The highest BCUT2D eigenvalue weighted by atomic mass is 32.2. The molecular weight excluding hydrogens is 424 g/mol. The van der Waals surface area contributed by atoms with Crippen LogP contribution in [0.15, 0.2) is 62.5 Å². The Kier molecular flexibility index (Phi) is 4.92. The van der Waals surface area contributed by atoms with E-state index in [0.29, 0.717) is 11.4 Å². The Balaban J connectivity index is 2.37. The quantitative estimate of drug-likeness (QED) is 0.230. The van der Waals surface area contributed by atoms with E-state index < -0.39 is 41.5 Å². The lowest BCUT2D eigenvalue weighted by Crippen LogP contribution is -2.04. The van der Waals surface area contributed by atoms with E-state index in [0.717, 1.165) is 18.2 Å². The molecular formula is C16H14N4O7S2. The van der Waals surface area contributed by atoms with Crippen molar-refractivity contribution >= 4 is 53.8 Å². The summed E-state index contributed by atoms with van der Waals surface area (Å²) in [6, 6.07) is 8.59. The minimum absolute atomic E-state index is 0.138. The van der Waals surface area contributed by atoms with Gasteiger partial charge in [0.2, 0.25) is 0 Å². The van der Waals surface area contributed by atoms with Crippen molar-refractivity contribution in [2.45, 2.75) is 9.79 Å². The summed E-state index contributed by atoms with van der Waals surface area (Å²) in [4.78, 5) is -1.47. The zero-order valence-corrected chi connectivity index (χ0v) is 16.0. The van der Waals surface area contributed by atoms with Gasteiger partial charge in [-0.3, -0.25) is 9.11 Å². The van der Waals surface area contributed by atoms with E-state index in [4.69, 9.17) is 11.5 Å². The largest absolute Gasteiger partial charge is 0.507 e. The van der Waals surface area contributed by atoms with Gasteiger partial charge in [-0.25, -0.2) is 0 Å². The molecule has 29 heavy (non-hydrogen) atoms. The van der Waals surface area contributed by atoms with Gasteiger partial charge in [0.1, 0.15) is 16.3 Å². The van der Waals surface area contributed by atoms with Gasteiger partial charge in [0.05, 0.1) is 21.7 Å². The average Bonchev–Trinajstić information content (AvgIpc) is 2.60. The highest BCUT2D eigenvalue weighted by Crippen LogP contribution is 2.43. The van der Waals surface area contributed by atoms with Crippen molar-refractivity contribution in [3.8, 4) is 5.75 Å². The van der Waals surface area contributed by atoms with Crippen LogP contribution in [0.2, 0.25) is 0 Å². The van der Waals surface area contributed by atoms with Crippen molar-refractivity contribution in [1.82, 2.24) is 0 Å². The molecule has 0 atom stereocenters. The third-order valence-corrected chi connectivity index (χ3v) is 5.62. The fourth-order valence-electron chi connectivity index (χ4n) is 2.58. The fourth-order valence-corrected chi connectivity index (χ4v) is 3.77. The number of azo groups is 1. The molecule has 0 heterocycles. The summed E-state index contributed by atoms with van der Waals surface area (Å²) in [7, 11) is -9.55. The van der Waals surface area contributed by atoms with Crippen molar-refractivity contribution in [2.75, 3.05) is 11.5 Å². The third-order valence-electron chi connectivity index (χ3n) is 3.90. The molecule has 0 unspecified atom stereocenters. The monoisotopic (exact) mass is 438 g/mol. The topological polar surface area (TPSA) is 206 Å². The van der Waals surface area contributed by atoms with E-state index in [2.05, 4.69) is 10.2 Å². The second-order valence-electron chi connectivity index (χ2n) is 5.92. The summed E-state index contributed by atoms with van der Waals surface area (Å²) < 4.78 is 64.8. The van der Waals surface area contributed by atoms with Crippen LogP contribution in [0.4, 0.5) is 22.7 Å². The van der Waals surface area contributed by atoms with Crippen LogP contribution in [0.5, 0.6) is 5.75 Å². The molecule has 7 N–H and O–H groups in total. The molecule has 0 radical (unpaired) electrons. The number of phenolic OH excluding ortho intramolecular Hbond substituents is 1. The Hall–Kier alpha value is -3.26. The first-order valence-electron chi connectivity index (χ1n) is 7.69. The summed E-state index contributed by atoms with van der Waals surface area (Å²) in [5.41, 5.74) is 11.3. The molecule has 0 aliphatic heterocycles. The normalized spacial score (nSPS) is 12.6. The van der Waals surface area contributed by atoms with Gasteiger partial charge in [0, 0.05) is 11.8 Å². The summed E-state index contributed by atoms with van der Waals surface area (Å²) >= 11 is 0. The van der Waals surface area contributed by atoms with Crippen LogP contribution >= 0.6 is 0 Å². The van der Waals surface area contributed by atoms with Gasteiger partial charge < -0.3 is 16.6 Å². The molecule has 0 saturated carbocycles. The standard InChI is InChI=1S/C16H14N4O7S2/c17-9-1-3-10(4-2-9)19-20-16-14-8(6-13(15(16)18)29(25,26)27)5-11(7-12(14)21)28(22,23)24/h1-7,21H,17-18H2,(H,22,23,24)(H,25,26,27). The van der Waals surface area contributed by atoms with E-state index in [1.165, 1.54) is 12.1 Å². The first-order valence-corrected chi connectivity index (χ1v) is 10.6. The number of fused-ring (bicyclic) bond motifs is 1. The second kappa shape index (κ2) is 6.97. The predicted octanol–water partition coefficient (Wildman–Crippen LogP) is 2.62. The van der Waals surface area contributed by atoms with Crippen molar-refractivity contribution in [3.05, 3.63) is 42.5 Å². The number of anilines is 2. The number of aromatic hydroxyl groups is 1. The van der Waals surface area contributed by atoms with Gasteiger partial charge in [-0.05, 0) is 41.8 Å². The number of nitrogens with two attached hydrogens (primary N) is 2. The maximum Gasteiger partial charge on any atom is 0.296 e. The average molecular weight is 438 g/mol. The van der Waals surface area contributed by atoms with E-state index in [1.807, 2.05) is 0 Å². The Labute approximate surface area is 164 Å². The molecule has 11 nitrogen and oxygen atoms in total. The van der Waals surface area contributed by atoms with E-state index in [1.54, 1.807) is 12.1 Å². The lowest BCUT2D eigenvalue weighted by atomic mass is 10.1. The van der Waals surface area contributed by atoms with E-state index in [9.17, 15) is 31.0 Å². The summed E-state index contributed by atoms with van der Waals surface area (Å²) in [5, 5.41) is 17.7. The predicted molar refractivity (Wildman–Crippen MR) is 105 cm³/mol. The highest BCUT2D eigenvalue weighted by Gasteiger charge is 2.23. The molecule has 3 rings (SSSR count). The van der Waals surface area contributed by atoms with E-state index in [-0.39, 0.29) is 16.5 Å². The Bertz CT molecular complexity index is 1370. The first kappa shape index (κ1) is 20.5. The maximum atomic E-state index is 11.7. The number of nitrogens with zero attached hydrogens (tertiary/aromatic N) is 2. The molecule has 0 saturated heterocycles. The molecule has 0 fully saturated rings. The number of nitrogen functional groups attached to an aromatic ring is 2. The molecule has 152 valence electrons.